The van der Waals surface area contributed by atoms with Crippen molar-refractivity contribution < 1.29 is 5.11 Å². The first kappa shape index (κ1) is 11.9. The molecule has 1 nitrogen and oxygen atoms in total. The Morgan fingerprint density at radius 2 is 2.21 bits per heavy atom. The summed E-state index contributed by atoms with van der Waals surface area (Å²) < 4.78 is 0. The molecule has 1 aromatic carbocycles. The first-order valence-corrected chi connectivity index (χ1v) is 5.62. The summed E-state index contributed by atoms with van der Waals surface area (Å²) in [6, 6.07) is 7.71. The minimum Gasteiger partial charge on any atom is -0.389 e. The third-order valence-electron chi connectivity index (χ3n) is 2.18. The van der Waals surface area contributed by atoms with Crippen LogP contribution in [0.5, 0.6) is 0 Å². The van der Waals surface area contributed by atoms with Crippen molar-refractivity contribution in [1.82, 2.24) is 0 Å². The standard InChI is InChI=1S/C11H15ClOS/c1-11(13,8-14)6-5-9-3-2-4-10(12)7-9/h2-4,7,13-14H,5-6,8H2,1H3. The van der Waals surface area contributed by atoms with E-state index in [2.05, 4.69) is 12.6 Å². The molecule has 0 spiro atoms. The molecule has 0 aliphatic carbocycles. The van der Waals surface area contributed by atoms with Gasteiger partial charge in [-0.15, -0.1) is 0 Å². The first-order chi connectivity index (χ1) is 6.53. The summed E-state index contributed by atoms with van der Waals surface area (Å²) in [4.78, 5) is 0. The van der Waals surface area contributed by atoms with E-state index >= 15 is 0 Å². The van der Waals surface area contributed by atoms with Gasteiger partial charge in [-0.3, -0.25) is 0 Å². The molecule has 0 aliphatic heterocycles. The maximum absolute atomic E-state index is 9.74. The molecule has 0 bridgehead atoms. The van der Waals surface area contributed by atoms with Gasteiger partial charge in [0.2, 0.25) is 0 Å². The Hall–Kier alpha value is -0.180. The number of thiol groups is 1. The summed E-state index contributed by atoms with van der Waals surface area (Å²) in [5.74, 6) is 0.480. The molecular weight excluding hydrogens is 216 g/mol. The molecule has 1 atom stereocenters. The lowest BCUT2D eigenvalue weighted by Gasteiger charge is -2.20. The minimum atomic E-state index is -0.689. The number of hydrogen-bond donors (Lipinski definition) is 2. The SMILES string of the molecule is CC(O)(CS)CCc1cccc(Cl)c1. The topological polar surface area (TPSA) is 20.2 Å². The average molecular weight is 231 g/mol. The van der Waals surface area contributed by atoms with E-state index in [1.807, 2.05) is 24.3 Å². The summed E-state index contributed by atoms with van der Waals surface area (Å²) in [7, 11) is 0. The van der Waals surface area contributed by atoms with E-state index in [0.29, 0.717) is 12.2 Å². The van der Waals surface area contributed by atoms with Gasteiger partial charge in [-0.25, -0.2) is 0 Å². The van der Waals surface area contributed by atoms with Gasteiger partial charge in [0, 0.05) is 10.8 Å². The normalized spacial score (nSPS) is 15.1. The Bertz CT molecular complexity index is 299. The van der Waals surface area contributed by atoms with Crippen LogP contribution in [0.15, 0.2) is 24.3 Å². The zero-order valence-electron chi connectivity index (χ0n) is 8.20. The van der Waals surface area contributed by atoms with Crippen molar-refractivity contribution in [3.8, 4) is 0 Å². The number of halogens is 1. The Labute approximate surface area is 95.5 Å². The lowest BCUT2D eigenvalue weighted by Crippen LogP contribution is -2.26. The van der Waals surface area contributed by atoms with Crippen LogP contribution in [0.4, 0.5) is 0 Å². The summed E-state index contributed by atoms with van der Waals surface area (Å²) in [5.41, 5.74) is 0.463. The van der Waals surface area contributed by atoms with Gasteiger partial charge in [0.25, 0.3) is 0 Å². The maximum Gasteiger partial charge on any atom is 0.0710 e. The fraction of sp³-hybridized carbons (Fsp3) is 0.455. The van der Waals surface area contributed by atoms with Gasteiger partial charge in [-0.2, -0.15) is 12.6 Å². The lowest BCUT2D eigenvalue weighted by atomic mass is 9.99. The van der Waals surface area contributed by atoms with Crippen molar-refractivity contribution in [3.63, 3.8) is 0 Å². The summed E-state index contributed by atoms with van der Waals surface area (Å²) in [6.45, 7) is 1.80. The molecule has 1 rings (SSSR count). The van der Waals surface area contributed by atoms with E-state index in [0.717, 1.165) is 17.0 Å². The molecular formula is C11H15ClOS. The fourth-order valence-corrected chi connectivity index (χ4v) is 1.56. The quantitative estimate of drug-likeness (QED) is 0.763. The van der Waals surface area contributed by atoms with Crippen LogP contribution >= 0.6 is 24.2 Å². The predicted molar refractivity (Wildman–Crippen MR) is 64.2 cm³/mol. The number of aliphatic hydroxyl groups is 1. The van der Waals surface area contributed by atoms with Crippen LogP contribution in [0, 0.1) is 0 Å². The predicted octanol–water partition coefficient (Wildman–Crippen LogP) is 2.95. The summed E-state index contributed by atoms with van der Waals surface area (Å²) >= 11 is 9.94. The van der Waals surface area contributed by atoms with Crippen LogP contribution in [-0.4, -0.2) is 16.5 Å². The van der Waals surface area contributed by atoms with E-state index < -0.39 is 5.60 Å². The average Bonchev–Trinajstić information content (AvgIpc) is 2.15. The van der Waals surface area contributed by atoms with Gasteiger partial charge in [0.15, 0.2) is 0 Å². The zero-order valence-corrected chi connectivity index (χ0v) is 9.85. The highest BCUT2D eigenvalue weighted by atomic mass is 35.5. The van der Waals surface area contributed by atoms with E-state index in [4.69, 9.17) is 11.6 Å². The van der Waals surface area contributed by atoms with Gasteiger partial charge in [-0.1, -0.05) is 23.7 Å². The highest BCUT2D eigenvalue weighted by molar-refractivity contribution is 7.80. The van der Waals surface area contributed by atoms with E-state index in [-0.39, 0.29) is 0 Å². The molecule has 78 valence electrons. The molecule has 0 saturated heterocycles. The van der Waals surface area contributed by atoms with E-state index in [9.17, 15) is 5.11 Å². The molecule has 0 saturated carbocycles. The number of hydrogen-bond acceptors (Lipinski definition) is 2. The van der Waals surface area contributed by atoms with Crippen molar-refractivity contribution in [2.75, 3.05) is 5.75 Å². The van der Waals surface area contributed by atoms with Gasteiger partial charge in [-0.05, 0) is 37.5 Å². The highest BCUT2D eigenvalue weighted by Gasteiger charge is 2.17. The second kappa shape index (κ2) is 5.06. The first-order valence-electron chi connectivity index (χ1n) is 4.61. The molecule has 1 unspecified atom stereocenters. The molecule has 0 radical (unpaired) electrons. The minimum absolute atomic E-state index is 0.480. The fourth-order valence-electron chi connectivity index (χ4n) is 1.19. The lowest BCUT2D eigenvalue weighted by molar-refractivity contribution is 0.0768. The zero-order chi connectivity index (χ0) is 10.6. The Morgan fingerprint density at radius 1 is 1.50 bits per heavy atom. The number of rotatable bonds is 4. The van der Waals surface area contributed by atoms with Crippen molar-refractivity contribution in [3.05, 3.63) is 34.9 Å². The molecule has 3 heteroatoms. The molecule has 1 aromatic rings. The molecule has 0 heterocycles. The Balaban J connectivity index is 2.54. The van der Waals surface area contributed by atoms with Crippen LogP contribution in [0.2, 0.25) is 5.02 Å². The second-order valence-corrected chi connectivity index (χ2v) is 4.54. The Morgan fingerprint density at radius 3 is 2.79 bits per heavy atom. The van der Waals surface area contributed by atoms with Crippen molar-refractivity contribution in [2.45, 2.75) is 25.4 Å². The molecule has 14 heavy (non-hydrogen) atoms. The third kappa shape index (κ3) is 3.91. The maximum atomic E-state index is 9.74. The smallest absolute Gasteiger partial charge is 0.0710 e. The van der Waals surface area contributed by atoms with Gasteiger partial charge in [0.05, 0.1) is 5.60 Å². The summed E-state index contributed by atoms with van der Waals surface area (Å²) in [6.07, 6.45) is 1.53. The van der Waals surface area contributed by atoms with Gasteiger partial charge < -0.3 is 5.11 Å². The van der Waals surface area contributed by atoms with Crippen LogP contribution in [0.1, 0.15) is 18.9 Å². The number of aryl methyl sites for hydroxylation is 1. The monoisotopic (exact) mass is 230 g/mol. The van der Waals surface area contributed by atoms with Crippen molar-refractivity contribution in [2.24, 2.45) is 0 Å². The molecule has 1 N–H and O–H groups in total. The molecule has 0 aromatic heterocycles. The van der Waals surface area contributed by atoms with Crippen LogP contribution in [-0.2, 0) is 6.42 Å². The Kier molecular flexibility index (Phi) is 4.30. The second-order valence-electron chi connectivity index (χ2n) is 3.78. The van der Waals surface area contributed by atoms with Crippen LogP contribution in [0.25, 0.3) is 0 Å². The summed E-state index contributed by atoms with van der Waals surface area (Å²) in [5, 5.41) is 10.5. The van der Waals surface area contributed by atoms with Crippen LogP contribution in [0.3, 0.4) is 0 Å². The largest absolute Gasteiger partial charge is 0.389 e. The molecule has 0 aliphatic rings. The molecule has 0 amide bonds. The van der Waals surface area contributed by atoms with E-state index in [1.165, 1.54) is 0 Å². The van der Waals surface area contributed by atoms with Gasteiger partial charge in [0.1, 0.15) is 0 Å². The van der Waals surface area contributed by atoms with Gasteiger partial charge >= 0.3 is 0 Å². The molecule has 0 fully saturated rings. The van der Waals surface area contributed by atoms with Crippen molar-refractivity contribution in [1.29, 1.82) is 0 Å². The van der Waals surface area contributed by atoms with E-state index in [1.54, 1.807) is 6.92 Å². The number of benzene rings is 1. The highest BCUT2D eigenvalue weighted by Crippen LogP contribution is 2.17. The van der Waals surface area contributed by atoms with Crippen molar-refractivity contribution >= 4 is 24.2 Å². The third-order valence-corrected chi connectivity index (χ3v) is 3.10. The van der Waals surface area contributed by atoms with Crippen LogP contribution < -0.4 is 0 Å².